The molecule has 0 bridgehead atoms. The number of ether oxygens (including phenoxy) is 2. The first-order valence-corrected chi connectivity index (χ1v) is 10.1. The minimum atomic E-state index is -3.71. The summed E-state index contributed by atoms with van der Waals surface area (Å²) < 4.78 is 34.9. The summed E-state index contributed by atoms with van der Waals surface area (Å²) in [6, 6.07) is 4.71. The second-order valence-electron chi connectivity index (χ2n) is 5.31. The number of phenols is 1. The molecule has 0 atom stereocenters. The fourth-order valence-corrected chi connectivity index (χ4v) is 4.09. The third-order valence-electron chi connectivity index (χ3n) is 3.57. The Morgan fingerprint density at radius 3 is 2.11 bits per heavy atom. The van der Waals surface area contributed by atoms with Gasteiger partial charge in [-0.1, -0.05) is 0 Å². The molecule has 0 unspecified atom stereocenters. The molecule has 152 valence electrons. The minimum absolute atomic E-state index is 0.149. The molecule has 2 rings (SSSR count). The molecular weight excluding hydrogens is 385 g/mol. The van der Waals surface area contributed by atoms with Gasteiger partial charge in [0.15, 0.2) is 11.5 Å². The van der Waals surface area contributed by atoms with Gasteiger partial charge in [-0.25, -0.2) is 9.97 Å². The van der Waals surface area contributed by atoms with Crippen molar-refractivity contribution in [1.29, 1.82) is 0 Å². The topological polar surface area (TPSA) is 112 Å². The normalized spacial score (nSPS) is 11.9. The number of aromatic hydroxyl groups is 1. The van der Waals surface area contributed by atoms with Crippen LogP contribution in [-0.4, -0.2) is 42.5 Å². The smallest absolute Gasteiger partial charge is 0.363 e. The number of rotatable bonds is 10. The lowest BCUT2D eigenvalue weighted by molar-refractivity contribution is 0.230. The van der Waals surface area contributed by atoms with Gasteiger partial charge in [0.05, 0.1) is 32.7 Å². The standard InChI is InChI=1S/C18H24N3O6P/c1-5-26-28(23,27-6-2)16(12-21-18-19-8-7-9-20-18)13-10-14(24-3)17(22)15(11-13)25-4/h7-12,22H,5-6H2,1-4H3,(H,19,20,21)/b16-12+. The number of methoxy groups -OCH3 is 2. The van der Waals surface area contributed by atoms with E-state index in [0.717, 1.165) is 0 Å². The summed E-state index contributed by atoms with van der Waals surface area (Å²) in [4.78, 5) is 8.14. The predicted octanol–water partition coefficient (Wildman–Crippen LogP) is 3.88. The molecule has 28 heavy (non-hydrogen) atoms. The van der Waals surface area contributed by atoms with Gasteiger partial charge in [0, 0.05) is 18.6 Å². The number of nitrogens with one attached hydrogen (secondary N) is 1. The molecule has 10 heteroatoms. The van der Waals surface area contributed by atoms with E-state index >= 15 is 0 Å². The average Bonchev–Trinajstić information content (AvgIpc) is 2.70. The van der Waals surface area contributed by atoms with Gasteiger partial charge in [0.25, 0.3) is 0 Å². The number of benzene rings is 1. The summed E-state index contributed by atoms with van der Waals surface area (Å²) in [7, 11) is -0.904. The number of aromatic nitrogens is 2. The zero-order chi connectivity index (χ0) is 20.6. The van der Waals surface area contributed by atoms with E-state index in [4.69, 9.17) is 18.5 Å². The van der Waals surface area contributed by atoms with Gasteiger partial charge in [-0.15, -0.1) is 0 Å². The summed E-state index contributed by atoms with van der Waals surface area (Å²) in [5.74, 6) is 0.430. The van der Waals surface area contributed by atoms with Crippen LogP contribution in [0.5, 0.6) is 17.2 Å². The van der Waals surface area contributed by atoms with E-state index in [9.17, 15) is 9.67 Å². The lowest BCUT2D eigenvalue weighted by Crippen LogP contribution is -2.03. The lowest BCUT2D eigenvalue weighted by Gasteiger charge is -2.21. The van der Waals surface area contributed by atoms with E-state index in [2.05, 4.69) is 15.3 Å². The van der Waals surface area contributed by atoms with Crippen molar-refractivity contribution in [3.63, 3.8) is 0 Å². The molecule has 0 fully saturated rings. The van der Waals surface area contributed by atoms with Crippen molar-refractivity contribution in [2.24, 2.45) is 0 Å². The molecule has 0 aliphatic heterocycles. The molecule has 2 N–H and O–H groups in total. The molecule has 0 radical (unpaired) electrons. The summed E-state index contributed by atoms with van der Waals surface area (Å²) >= 11 is 0. The van der Waals surface area contributed by atoms with Crippen LogP contribution in [-0.2, 0) is 13.6 Å². The largest absolute Gasteiger partial charge is 0.502 e. The van der Waals surface area contributed by atoms with Crippen molar-refractivity contribution in [3.05, 3.63) is 42.4 Å². The van der Waals surface area contributed by atoms with Gasteiger partial charge >= 0.3 is 7.60 Å². The molecule has 1 aromatic heterocycles. The number of phenolic OH excluding ortho intramolecular Hbond substituents is 1. The third kappa shape index (κ3) is 5.01. The van der Waals surface area contributed by atoms with Crippen LogP contribution in [0.25, 0.3) is 5.31 Å². The first-order chi connectivity index (χ1) is 13.5. The van der Waals surface area contributed by atoms with Crippen molar-refractivity contribution in [3.8, 4) is 17.2 Å². The van der Waals surface area contributed by atoms with Gasteiger partial charge in [-0.05, 0) is 37.6 Å². The van der Waals surface area contributed by atoms with E-state index in [0.29, 0.717) is 11.5 Å². The number of nitrogens with zero attached hydrogens (tertiary/aromatic N) is 2. The van der Waals surface area contributed by atoms with Crippen LogP contribution in [0.15, 0.2) is 36.8 Å². The summed E-state index contributed by atoms with van der Waals surface area (Å²) in [5.41, 5.74) is 0.417. The summed E-state index contributed by atoms with van der Waals surface area (Å²) in [6.07, 6.45) is 4.59. The Balaban J connectivity index is 2.62. The second-order valence-corrected chi connectivity index (χ2v) is 7.30. The van der Waals surface area contributed by atoms with Crippen molar-refractivity contribution >= 4 is 18.9 Å². The first kappa shape index (κ1) is 21.7. The van der Waals surface area contributed by atoms with Crippen molar-refractivity contribution < 1.29 is 28.2 Å². The number of hydrogen-bond acceptors (Lipinski definition) is 9. The maximum Gasteiger partial charge on any atom is 0.363 e. The molecule has 0 saturated carbocycles. The van der Waals surface area contributed by atoms with Gasteiger partial charge < -0.3 is 28.9 Å². The minimum Gasteiger partial charge on any atom is -0.502 e. The van der Waals surface area contributed by atoms with Crippen LogP contribution >= 0.6 is 7.60 Å². The molecular formula is C18H24N3O6P. The molecule has 0 spiro atoms. The van der Waals surface area contributed by atoms with Crippen molar-refractivity contribution in [1.82, 2.24) is 9.97 Å². The third-order valence-corrected chi connectivity index (χ3v) is 5.75. The zero-order valence-electron chi connectivity index (χ0n) is 16.2. The van der Waals surface area contributed by atoms with Crippen molar-refractivity contribution in [2.75, 3.05) is 32.8 Å². The van der Waals surface area contributed by atoms with Gasteiger partial charge in [-0.2, -0.15) is 0 Å². The highest BCUT2D eigenvalue weighted by molar-refractivity contribution is 7.65. The highest BCUT2D eigenvalue weighted by Gasteiger charge is 2.32. The highest BCUT2D eigenvalue weighted by Crippen LogP contribution is 2.61. The van der Waals surface area contributed by atoms with E-state index in [1.54, 1.807) is 32.3 Å². The highest BCUT2D eigenvalue weighted by atomic mass is 31.2. The van der Waals surface area contributed by atoms with Crippen LogP contribution in [0.3, 0.4) is 0 Å². The van der Waals surface area contributed by atoms with Crippen LogP contribution in [0.4, 0.5) is 5.95 Å². The quantitative estimate of drug-likeness (QED) is 0.565. The Morgan fingerprint density at radius 2 is 1.64 bits per heavy atom. The number of anilines is 1. The Labute approximate surface area is 163 Å². The van der Waals surface area contributed by atoms with E-state index in [-0.39, 0.29) is 35.8 Å². The first-order valence-electron chi connectivity index (χ1n) is 8.57. The molecule has 9 nitrogen and oxygen atoms in total. The number of hydrogen-bond donors (Lipinski definition) is 2. The zero-order valence-corrected chi connectivity index (χ0v) is 17.1. The lowest BCUT2D eigenvalue weighted by atomic mass is 10.1. The molecule has 1 aromatic carbocycles. The molecule has 1 heterocycles. The predicted molar refractivity (Wildman–Crippen MR) is 106 cm³/mol. The summed E-state index contributed by atoms with van der Waals surface area (Å²) in [6.45, 7) is 3.77. The fourth-order valence-electron chi connectivity index (χ4n) is 2.38. The van der Waals surface area contributed by atoms with Crippen LogP contribution in [0.2, 0.25) is 0 Å². The van der Waals surface area contributed by atoms with Crippen LogP contribution in [0, 0.1) is 0 Å². The van der Waals surface area contributed by atoms with E-state index in [1.807, 2.05) is 0 Å². The fraction of sp³-hybridized carbons (Fsp3) is 0.333. The van der Waals surface area contributed by atoms with Crippen LogP contribution in [0.1, 0.15) is 19.4 Å². The summed E-state index contributed by atoms with van der Waals surface area (Å²) in [5, 5.41) is 13.3. The maximum atomic E-state index is 13.5. The van der Waals surface area contributed by atoms with Gasteiger partial charge in [-0.3, -0.25) is 4.57 Å². The molecule has 0 saturated heterocycles. The molecule has 0 aliphatic carbocycles. The molecule has 0 aliphatic rings. The molecule has 0 amide bonds. The Morgan fingerprint density at radius 1 is 1.11 bits per heavy atom. The van der Waals surface area contributed by atoms with Gasteiger partial charge in [0.1, 0.15) is 0 Å². The van der Waals surface area contributed by atoms with Gasteiger partial charge in [0.2, 0.25) is 11.7 Å². The Bertz CT molecular complexity index is 825. The monoisotopic (exact) mass is 409 g/mol. The van der Waals surface area contributed by atoms with E-state index < -0.39 is 7.60 Å². The van der Waals surface area contributed by atoms with E-state index in [1.165, 1.54) is 32.6 Å². The Hall–Kier alpha value is -2.61. The SMILES string of the molecule is CCOP(=O)(OCC)/C(=C/Nc1ncccn1)c1cc(OC)c(O)c(OC)c1. The van der Waals surface area contributed by atoms with Crippen LogP contribution < -0.4 is 14.8 Å². The Kier molecular flexibility index (Phi) is 7.80. The molecule has 2 aromatic rings. The second kappa shape index (κ2) is 10.1. The van der Waals surface area contributed by atoms with Crippen molar-refractivity contribution in [2.45, 2.75) is 13.8 Å². The maximum absolute atomic E-state index is 13.5. The average molecular weight is 409 g/mol.